The number of rotatable bonds is 5. The van der Waals surface area contributed by atoms with Crippen LogP contribution in [0.3, 0.4) is 0 Å². The highest BCUT2D eigenvalue weighted by Crippen LogP contribution is 2.21. The van der Waals surface area contributed by atoms with Crippen molar-refractivity contribution in [2.75, 3.05) is 11.9 Å². The van der Waals surface area contributed by atoms with Gasteiger partial charge in [0.2, 0.25) is 0 Å². The number of aryl methyl sites for hydroxylation is 1. The molecule has 6 nitrogen and oxygen atoms in total. The molecule has 0 atom stereocenters. The summed E-state index contributed by atoms with van der Waals surface area (Å²) in [6.07, 6.45) is 2.13. The SMILES string of the molecule is CCOc1ccc(Nc2nc3c(C)cccn3c(=O)c2C=O)cc1. The Morgan fingerprint density at radius 3 is 2.67 bits per heavy atom. The Labute approximate surface area is 138 Å². The lowest BCUT2D eigenvalue weighted by molar-refractivity contribution is 0.112. The van der Waals surface area contributed by atoms with Crippen LogP contribution in [0.4, 0.5) is 11.5 Å². The lowest BCUT2D eigenvalue weighted by atomic mass is 10.2. The summed E-state index contributed by atoms with van der Waals surface area (Å²) < 4.78 is 6.77. The largest absolute Gasteiger partial charge is 0.494 e. The van der Waals surface area contributed by atoms with Crippen LogP contribution < -0.4 is 15.6 Å². The molecule has 0 bridgehead atoms. The van der Waals surface area contributed by atoms with E-state index in [2.05, 4.69) is 10.3 Å². The molecule has 0 saturated heterocycles. The van der Waals surface area contributed by atoms with E-state index in [-0.39, 0.29) is 11.4 Å². The maximum Gasteiger partial charge on any atom is 0.270 e. The van der Waals surface area contributed by atoms with Gasteiger partial charge in [-0.25, -0.2) is 4.98 Å². The van der Waals surface area contributed by atoms with Gasteiger partial charge in [-0.15, -0.1) is 0 Å². The van der Waals surface area contributed by atoms with E-state index in [1.54, 1.807) is 24.4 Å². The van der Waals surface area contributed by atoms with Gasteiger partial charge in [-0.2, -0.15) is 0 Å². The molecule has 0 spiro atoms. The highest BCUT2D eigenvalue weighted by atomic mass is 16.5. The predicted octanol–water partition coefficient (Wildman–Crippen LogP) is 2.96. The lowest BCUT2D eigenvalue weighted by Gasteiger charge is -2.11. The maximum atomic E-state index is 12.5. The zero-order valence-electron chi connectivity index (χ0n) is 13.4. The molecule has 2 aromatic heterocycles. The van der Waals surface area contributed by atoms with E-state index >= 15 is 0 Å². The summed E-state index contributed by atoms with van der Waals surface area (Å²) in [6.45, 7) is 4.37. The molecule has 1 aromatic carbocycles. The number of carbonyl (C=O) groups is 1. The molecule has 0 unspecified atom stereocenters. The molecule has 0 aliphatic rings. The third-order valence-electron chi connectivity index (χ3n) is 3.63. The number of benzene rings is 1. The van der Waals surface area contributed by atoms with Crippen molar-refractivity contribution < 1.29 is 9.53 Å². The molecule has 0 aliphatic carbocycles. The second-order valence-electron chi connectivity index (χ2n) is 5.26. The Morgan fingerprint density at radius 1 is 1.25 bits per heavy atom. The van der Waals surface area contributed by atoms with Crippen LogP contribution in [0.25, 0.3) is 5.65 Å². The van der Waals surface area contributed by atoms with Gasteiger partial charge in [0, 0.05) is 11.9 Å². The zero-order chi connectivity index (χ0) is 17.1. The van der Waals surface area contributed by atoms with Crippen LogP contribution >= 0.6 is 0 Å². The highest BCUT2D eigenvalue weighted by Gasteiger charge is 2.13. The molecule has 24 heavy (non-hydrogen) atoms. The number of hydrogen-bond donors (Lipinski definition) is 1. The van der Waals surface area contributed by atoms with Crippen LogP contribution in [0.1, 0.15) is 22.8 Å². The van der Waals surface area contributed by atoms with Crippen LogP contribution in [-0.2, 0) is 0 Å². The first-order valence-electron chi connectivity index (χ1n) is 7.61. The van der Waals surface area contributed by atoms with E-state index < -0.39 is 5.56 Å². The van der Waals surface area contributed by atoms with Gasteiger partial charge in [-0.1, -0.05) is 6.07 Å². The minimum Gasteiger partial charge on any atom is -0.494 e. The number of fused-ring (bicyclic) bond motifs is 1. The number of hydrogen-bond acceptors (Lipinski definition) is 5. The summed E-state index contributed by atoms with van der Waals surface area (Å²) in [7, 11) is 0. The number of aromatic nitrogens is 2. The fourth-order valence-electron chi connectivity index (χ4n) is 2.45. The normalized spacial score (nSPS) is 10.6. The van der Waals surface area contributed by atoms with Gasteiger partial charge < -0.3 is 10.1 Å². The van der Waals surface area contributed by atoms with Crippen LogP contribution in [0.15, 0.2) is 47.4 Å². The standard InChI is InChI=1S/C18H17N3O3/c1-3-24-14-8-6-13(7-9-14)19-16-15(11-22)18(23)21-10-4-5-12(2)17(21)20-16/h4-11,19H,3H2,1-2H3. The Balaban J connectivity index is 2.06. The molecule has 0 fully saturated rings. The van der Waals surface area contributed by atoms with Crippen molar-refractivity contribution in [3.63, 3.8) is 0 Å². The number of anilines is 2. The Kier molecular flexibility index (Phi) is 4.29. The Bertz CT molecular complexity index is 946. The van der Waals surface area contributed by atoms with Crippen LogP contribution in [0, 0.1) is 6.92 Å². The molecule has 3 rings (SSSR count). The van der Waals surface area contributed by atoms with Gasteiger partial charge in [0.15, 0.2) is 6.29 Å². The predicted molar refractivity (Wildman–Crippen MR) is 92.5 cm³/mol. The minimum absolute atomic E-state index is 0.00742. The number of ether oxygens (including phenoxy) is 1. The summed E-state index contributed by atoms with van der Waals surface area (Å²) >= 11 is 0. The van der Waals surface area contributed by atoms with Crippen molar-refractivity contribution in [3.05, 3.63) is 64.1 Å². The fourth-order valence-corrected chi connectivity index (χ4v) is 2.45. The Hall–Kier alpha value is -3.15. The molecule has 6 heteroatoms. The first kappa shape index (κ1) is 15.7. The average Bonchev–Trinajstić information content (AvgIpc) is 2.58. The van der Waals surface area contributed by atoms with E-state index in [1.807, 2.05) is 32.0 Å². The van der Waals surface area contributed by atoms with Crippen LogP contribution in [0.5, 0.6) is 5.75 Å². The van der Waals surface area contributed by atoms with Gasteiger partial charge >= 0.3 is 0 Å². The summed E-state index contributed by atoms with van der Waals surface area (Å²) in [4.78, 5) is 28.3. The molecular formula is C18H17N3O3. The molecule has 3 aromatic rings. The summed E-state index contributed by atoms with van der Waals surface area (Å²) in [5, 5.41) is 3.04. The van der Waals surface area contributed by atoms with Crippen molar-refractivity contribution >= 4 is 23.4 Å². The van der Waals surface area contributed by atoms with E-state index in [4.69, 9.17) is 4.74 Å². The van der Waals surface area contributed by atoms with Crippen molar-refractivity contribution in [3.8, 4) is 5.75 Å². The third-order valence-corrected chi connectivity index (χ3v) is 3.63. The monoisotopic (exact) mass is 323 g/mol. The van der Waals surface area contributed by atoms with Crippen molar-refractivity contribution in [1.82, 2.24) is 9.38 Å². The molecule has 0 amide bonds. The van der Waals surface area contributed by atoms with Crippen molar-refractivity contribution in [2.45, 2.75) is 13.8 Å². The zero-order valence-corrected chi connectivity index (χ0v) is 13.4. The molecule has 0 saturated carbocycles. The number of nitrogens with one attached hydrogen (secondary N) is 1. The van der Waals surface area contributed by atoms with Gasteiger partial charge in [0.1, 0.15) is 22.8 Å². The molecule has 0 radical (unpaired) electrons. The quantitative estimate of drug-likeness (QED) is 0.731. The van der Waals surface area contributed by atoms with E-state index in [0.717, 1.165) is 11.3 Å². The van der Waals surface area contributed by atoms with Gasteiger partial charge in [-0.05, 0) is 49.7 Å². The Morgan fingerprint density at radius 2 is 2.00 bits per heavy atom. The maximum absolute atomic E-state index is 12.5. The topological polar surface area (TPSA) is 72.7 Å². The number of pyridine rings is 1. The first-order valence-corrected chi connectivity index (χ1v) is 7.61. The summed E-state index contributed by atoms with van der Waals surface area (Å²) in [5.74, 6) is 0.995. The molecule has 1 N–H and O–H groups in total. The van der Waals surface area contributed by atoms with Gasteiger partial charge in [0.25, 0.3) is 5.56 Å². The third kappa shape index (κ3) is 2.86. The summed E-state index contributed by atoms with van der Waals surface area (Å²) in [6, 6.07) is 10.8. The number of aldehydes is 1. The van der Waals surface area contributed by atoms with Crippen LogP contribution in [-0.4, -0.2) is 22.3 Å². The average molecular weight is 323 g/mol. The fraction of sp³-hybridized carbons (Fsp3) is 0.167. The van der Waals surface area contributed by atoms with Crippen molar-refractivity contribution in [2.24, 2.45) is 0 Å². The lowest BCUT2D eigenvalue weighted by Crippen LogP contribution is -2.22. The van der Waals surface area contributed by atoms with Gasteiger partial charge in [0.05, 0.1) is 6.61 Å². The second-order valence-corrected chi connectivity index (χ2v) is 5.26. The van der Waals surface area contributed by atoms with Gasteiger partial charge in [-0.3, -0.25) is 14.0 Å². The minimum atomic E-state index is -0.396. The number of carbonyl (C=O) groups excluding carboxylic acids is 1. The smallest absolute Gasteiger partial charge is 0.270 e. The van der Waals surface area contributed by atoms with E-state index in [9.17, 15) is 9.59 Å². The van der Waals surface area contributed by atoms with Crippen LogP contribution in [0.2, 0.25) is 0 Å². The van der Waals surface area contributed by atoms with Crippen molar-refractivity contribution in [1.29, 1.82) is 0 Å². The molecule has 0 aliphatic heterocycles. The highest BCUT2D eigenvalue weighted by molar-refractivity contribution is 5.84. The molecular weight excluding hydrogens is 306 g/mol. The first-order chi connectivity index (χ1) is 11.6. The number of nitrogens with zero attached hydrogens (tertiary/aromatic N) is 2. The molecule has 2 heterocycles. The summed E-state index contributed by atoms with van der Waals surface area (Å²) in [5.41, 5.74) is 1.67. The second kappa shape index (κ2) is 6.54. The molecule has 122 valence electrons. The van der Waals surface area contributed by atoms with E-state index in [1.165, 1.54) is 4.40 Å². The van der Waals surface area contributed by atoms with E-state index in [0.29, 0.717) is 24.2 Å².